The maximum Gasteiger partial charge on any atom is 0.0541 e. The van der Waals surface area contributed by atoms with Gasteiger partial charge in [-0.3, -0.25) is 0 Å². The maximum absolute atomic E-state index is 2.44. The highest BCUT2D eigenvalue weighted by atomic mass is 15.0. The normalized spacial score (nSPS) is 13.2. The Hall–Kier alpha value is -8.20. The third-order valence-corrected chi connectivity index (χ3v) is 13.4. The van der Waals surface area contributed by atoms with E-state index in [2.05, 4.69) is 246 Å². The van der Waals surface area contributed by atoms with Gasteiger partial charge in [-0.05, 0) is 128 Å². The third kappa shape index (κ3) is 5.58. The highest BCUT2D eigenvalue weighted by molar-refractivity contribution is 6.11. The lowest BCUT2D eigenvalue weighted by atomic mass is 9.83. The van der Waals surface area contributed by atoms with Gasteiger partial charge in [0.15, 0.2) is 0 Å². The first-order valence-electron chi connectivity index (χ1n) is 21.9. The number of rotatable bonds is 6. The molecule has 0 radical (unpaired) electrons. The summed E-state index contributed by atoms with van der Waals surface area (Å²) < 4.78 is 4.78. The summed E-state index contributed by atoms with van der Waals surface area (Å²) in [6.45, 7) is 0. The van der Waals surface area contributed by atoms with Crippen molar-refractivity contribution in [3.05, 3.63) is 253 Å². The molecule has 0 amide bonds. The summed E-state index contributed by atoms with van der Waals surface area (Å²) in [7, 11) is 0. The number of nitrogens with zero attached hydrogens (tertiary/aromatic N) is 2. The van der Waals surface area contributed by atoms with Crippen molar-refractivity contribution >= 4 is 43.6 Å². The summed E-state index contributed by atoms with van der Waals surface area (Å²) in [6.07, 6.45) is 0. The molecule has 0 bridgehead atoms. The predicted molar refractivity (Wildman–Crippen MR) is 264 cm³/mol. The molecule has 1 aliphatic carbocycles. The standard InChI is InChI=1S/C61H40N2/c1-3-15-43(16-4-1)60-52-23-8-7-19-48(52)55-39-45(38-53(61(55)60)42-31-34-47(35-32-42)63-56-24-12-9-20-49(56)50-21-10-13-25-57(50)63)41-29-27-40(28-30-41)44-33-36-59-54(37-44)51-22-11-14-26-58(51)62(59)46-17-5-2-6-18-46/h1-39,60H. The van der Waals surface area contributed by atoms with Gasteiger partial charge in [0, 0.05) is 38.8 Å². The van der Waals surface area contributed by atoms with Crippen LogP contribution in [0.4, 0.5) is 0 Å². The molecule has 1 aliphatic rings. The first-order valence-corrected chi connectivity index (χ1v) is 21.9. The number of para-hydroxylation sites is 4. The zero-order chi connectivity index (χ0) is 41.4. The zero-order valence-corrected chi connectivity index (χ0v) is 34.5. The van der Waals surface area contributed by atoms with Crippen molar-refractivity contribution < 1.29 is 0 Å². The number of benzene rings is 10. The molecule has 0 saturated heterocycles. The molecule has 10 aromatic carbocycles. The van der Waals surface area contributed by atoms with Crippen LogP contribution < -0.4 is 0 Å². The van der Waals surface area contributed by atoms with Crippen molar-refractivity contribution in [1.29, 1.82) is 0 Å². The molecule has 1 unspecified atom stereocenters. The number of hydrogen-bond acceptors (Lipinski definition) is 0. The molecule has 12 aromatic rings. The Morgan fingerprint density at radius 3 is 1.38 bits per heavy atom. The van der Waals surface area contributed by atoms with E-state index in [1.165, 1.54) is 110 Å². The van der Waals surface area contributed by atoms with E-state index in [-0.39, 0.29) is 5.92 Å². The zero-order valence-electron chi connectivity index (χ0n) is 34.5. The van der Waals surface area contributed by atoms with Crippen molar-refractivity contribution in [1.82, 2.24) is 9.13 Å². The number of hydrogen-bond donors (Lipinski definition) is 0. The largest absolute Gasteiger partial charge is 0.309 e. The van der Waals surface area contributed by atoms with Gasteiger partial charge in [0.2, 0.25) is 0 Å². The fraction of sp³-hybridized carbons (Fsp3) is 0.0164. The van der Waals surface area contributed by atoms with Crippen LogP contribution in [-0.2, 0) is 0 Å². The Morgan fingerprint density at radius 2 is 0.730 bits per heavy atom. The number of aromatic nitrogens is 2. The second-order valence-electron chi connectivity index (χ2n) is 16.8. The quantitative estimate of drug-likeness (QED) is 0.159. The molecule has 2 aromatic heterocycles. The molecular weight excluding hydrogens is 761 g/mol. The average Bonchev–Trinajstić information content (AvgIpc) is 4.00. The van der Waals surface area contributed by atoms with Crippen LogP contribution in [0.15, 0.2) is 237 Å². The van der Waals surface area contributed by atoms with Crippen molar-refractivity contribution in [3.8, 4) is 55.9 Å². The Labute approximate surface area is 366 Å². The monoisotopic (exact) mass is 800 g/mol. The summed E-state index contributed by atoms with van der Waals surface area (Å²) in [5.74, 6) is 0.128. The Morgan fingerprint density at radius 1 is 0.270 bits per heavy atom. The van der Waals surface area contributed by atoms with Crippen molar-refractivity contribution in [2.24, 2.45) is 0 Å². The Balaban J connectivity index is 0.945. The molecule has 0 spiro atoms. The molecule has 63 heavy (non-hydrogen) atoms. The van der Waals surface area contributed by atoms with E-state index in [0.717, 1.165) is 5.69 Å². The fourth-order valence-corrected chi connectivity index (χ4v) is 10.6. The summed E-state index contributed by atoms with van der Waals surface area (Å²) in [4.78, 5) is 0. The predicted octanol–water partition coefficient (Wildman–Crippen LogP) is 16.0. The summed E-state index contributed by atoms with van der Waals surface area (Å²) in [5, 5.41) is 5.06. The lowest BCUT2D eigenvalue weighted by molar-refractivity contribution is 1.02. The summed E-state index contributed by atoms with van der Waals surface area (Å²) in [6, 6.07) is 87.2. The molecule has 1 atom stereocenters. The van der Waals surface area contributed by atoms with E-state index in [9.17, 15) is 0 Å². The van der Waals surface area contributed by atoms with Gasteiger partial charge in [-0.2, -0.15) is 0 Å². The number of fused-ring (bicyclic) bond motifs is 9. The van der Waals surface area contributed by atoms with Gasteiger partial charge in [-0.15, -0.1) is 0 Å². The molecule has 0 N–H and O–H groups in total. The van der Waals surface area contributed by atoms with E-state index >= 15 is 0 Å². The van der Waals surface area contributed by atoms with Crippen LogP contribution in [0.5, 0.6) is 0 Å². The van der Waals surface area contributed by atoms with Gasteiger partial charge in [-0.25, -0.2) is 0 Å². The minimum Gasteiger partial charge on any atom is -0.309 e. The van der Waals surface area contributed by atoms with Crippen LogP contribution in [0.2, 0.25) is 0 Å². The van der Waals surface area contributed by atoms with Crippen molar-refractivity contribution in [2.75, 3.05) is 0 Å². The highest BCUT2D eigenvalue weighted by Crippen LogP contribution is 2.53. The highest BCUT2D eigenvalue weighted by Gasteiger charge is 2.33. The van der Waals surface area contributed by atoms with Gasteiger partial charge in [-0.1, -0.05) is 170 Å². The minimum atomic E-state index is 0.128. The van der Waals surface area contributed by atoms with Crippen LogP contribution in [0.3, 0.4) is 0 Å². The van der Waals surface area contributed by atoms with Gasteiger partial charge >= 0.3 is 0 Å². The van der Waals surface area contributed by atoms with Crippen LogP contribution in [0, 0.1) is 0 Å². The van der Waals surface area contributed by atoms with Crippen LogP contribution in [-0.4, -0.2) is 9.13 Å². The molecule has 0 fully saturated rings. The molecule has 294 valence electrons. The molecule has 0 aliphatic heterocycles. The van der Waals surface area contributed by atoms with E-state index in [0.29, 0.717) is 0 Å². The molecule has 2 nitrogen and oxygen atoms in total. The Kier molecular flexibility index (Phi) is 8.01. The second kappa shape index (κ2) is 14.2. The summed E-state index contributed by atoms with van der Waals surface area (Å²) >= 11 is 0. The SMILES string of the molecule is c1ccc(C2c3ccccc3-c3cc(-c4ccc(-c5ccc6c(c5)c5ccccc5n6-c5ccccc5)cc4)cc(-c4ccc(-n5c6ccccc6c6ccccc65)cc4)c32)cc1. The van der Waals surface area contributed by atoms with Crippen molar-refractivity contribution in [3.63, 3.8) is 0 Å². The average molecular weight is 801 g/mol. The van der Waals surface area contributed by atoms with Gasteiger partial charge < -0.3 is 9.13 Å². The van der Waals surface area contributed by atoms with Gasteiger partial charge in [0.1, 0.15) is 0 Å². The van der Waals surface area contributed by atoms with E-state index < -0.39 is 0 Å². The molecule has 2 heterocycles. The van der Waals surface area contributed by atoms with Crippen LogP contribution >= 0.6 is 0 Å². The molecule has 13 rings (SSSR count). The maximum atomic E-state index is 2.44. The minimum absolute atomic E-state index is 0.128. The topological polar surface area (TPSA) is 9.86 Å². The lowest BCUT2D eigenvalue weighted by Crippen LogP contribution is -2.02. The molecule has 2 heteroatoms. The van der Waals surface area contributed by atoms with Crippen LogP contribution in [0.1, 0.15) is 22.6 Å². The van der Waals surface area contributed by atoms with Gasteiger partial charge in [0.05, 0.1) is 22.1 Å². The summed E-state index contributed by atoms with van der Waals surface area (Å²) in [5.41, 5.74) is 21.2. The molecule has 0 saturated carbocycles. The smallest absolute Gasteiger partial charge is 0.0541 e. The van der Waals surface area contributed by atoms with E-state index in [4.69, 9.17) is 0 Å². The fourth-order valence-electron chi connectivity index (χ4n) is 10.6. The first-order chi connectivity index (χ1) is 31.3. The van der Waals surface area contributed by atoms with E-state index in [1.54, 1.807) is 0 Å². The van der Waals surface area contributed by atoms with Gasteiger partial charge in [0.25, 0.3) is 0 Å². The van der Waals surface area contributed by atoms with Crippen LogP contribution in [0.25, 0.3) is 99.5 Å². The Bertz CT molecular complexity index is 3650. The molecular formula is C61H40N2. The second-order valence-corrected chi connectivity index (χ2v) is 16.8. The van der Waals surface area contributed by atoms with E-state index in [1.807, 2.05) is 0 Å². The first kappa shape index (κ1) is 35.5. The van der Waals surface area contributed by atoms with Crippen molar-refractivity contribution in [2.45, 2.75) is 5.92 Å². The third-order valence-electron chi connectivity index (χ3n) is 13.4. The lowest BCUT2D eigenvalue weighted by Gasteiger charge is -2.20.